The van der Waals surface area contributed by atoms with E-state index >= 15 is 0 Å². The summed E-state index contributed by atoms with van der Waals surface area (Å²) in [6.07, 6.45) is 1.41. The molecule has 1 aromatic carbocycles. The van der Waals surface area contributed by atoms with Crippen molar-refractivity contribution in [3.63, 3.8) is 0 Å². The van der Waals surface area contributed by atoms with Crippen LogP contribution in [0, 0.1) is 0 Å². The summed E-state index contributed by atoms with van der Waals surface area (Å²) in [7, 11) is 1.29. The first-order chi connectivity index (χ1) is 11.6. The van der Waals surface area contributed by atoms with Crippen LogP contribution in [-0.4, -0.2) is 39.6 Å². The van der Waals surface area contributed by atoms with Gasteiger partial charge in [-0.15, -0.1) is 0 Å². The zero-order valence-electron chi connectivity index (χ0n) is 12.4. The highest BCUT2D eigenvalue weighted by Gasteiger charge is 2.13. The molecule has 0 spiro atoms. The molecule has 10 heteroatoms. The van der Waals surface area contributed by atoms with Crippen LogP contribution in [0.15, 0.2) is 39.9 Å². The first kappa shape index (κ1) is 15.7. The van der Waals surface area contributed by atoms with E-state index in [1.54, 1.807) is 30.3 Å². The molecule has 0 saturated carbocycles. The van der Waals surface area contributed by atoms with Crippen LogP contribution in [-0.2, 0) is 4.74 Å². The molecule has 2 aromatic heterocycles. The summed E-state index contributed by atoms with van der Waals surface area (Å²) in [6.45, 7) is 0. The van der Waals surface area contributed by atoms with Crippen molar-refractivity contribution in [1.29, 1.82) is 0 Å². The SMILES string of the molecule is COC(=O)c1cc(-c2ccc(/C=N\n3nnnc3N)o2)ccc1Cl. The van der Waals surface area contributed by atoms with Crippen LogP contribution in [0.1, 0.15) is 16.1 Å². The Labute approximate surface area is 140 Å². The summed E-state index contributed by atoms with van der Waals surface area (Å²) in [5.41, 5.74) is 6.42. The molecule has 0 radical (unpaired) electrons. The lowest BCUT2D eigenvalue weighted by atomic mass is 10.1. The number of methoxy groups -OCH3 is 1. The maximum atomic E-state index is 11.7. The van der Waals surface area contributed by atoms with E-state index in [-0.39, 0.29) is 11.5 Å². The van der Waals surface area contributed by atoms with Gasteiger partial charge in [-0.1, -0.05) is 21.5 Å². The van der Waals surface area contributed by atoms with Crippen molar-refractivity contribution in [3.8, 4) is 11.3 Å². The molecular weight excluding hydrogens is 336 g/mol. The molecule has 0 bridgehead atoms. The number of esters is 1. The van der Waals surface area contributed by atoms with Crippen molar-refractivity contribution in [3.05, 3.63) is 46.7 Å². The monoisotopic (exact) mass is 346 g/mol. The number of nitrogen functional groups attached to an aromatic ring is 1. The molecule has 24 heavy (non-hydrogen) atoms. The fourth-order valence-electron chi connectivity index (χ4n) is 1.91. The Kier molecular flexibility index (Phi) is 4.25. The van der Waals surface area contributed by atoms with E-state index < -0.39 is 5.97 Å². The molecule has 2 heterocycles. The smallest absolute Gasteiger partial charge is 0.339 e. The second kappa shape index (κ2) is 6.50. The van der Waals surface area contributed by atoms with Gasteiger partial charge in [-0.3, -0.25) is 0 Å². The van der Waals surface area contributed by atoms with Crippen molar-refractivity contribution in [2.75, 3.05) is 12.8 Å². The number of carbonyl (C=O) groups excluding carboxylic acids is 1. The second-order valence-corrected chi connectivity index (χ2v) is 4.97. The highest BCUT2D eigenvalue weighted by molar-refractivity contribution is 6.33. The lowest BCUT2D eigenvalue weighted by molar-refractivity contribution is 0.0601. The minimum absolute atomic E-state index is 0.0541. The Bertz CT molecular complexity index is 917. The van der Waals surface area contributed by atoms with Gasteiger partial charge in [0, 0.05) is 5.56 Å². The Hall–Kier alpha value is -3.20. The molecule has 0 aliphatic carbocycles. The van der Waals surface area contributed by atoms with Crippen LogP contribution >= 0.6 is 11.6 Å². The van der Waals surface area contributed by atoms with Gasteiger partial charge in [-0.2, -0.15) is 5.10 Å². The summed E-state index contributed by atoms with van der Waals surface area (Å²) >= 11 is 6.00. The number of ether oxygens (including phenoxy) is 1. The van der Waals surface area contributed by atoms with Crippen molar-refractivity contribution < 1.29 is 13.9 Å². The average Bonchev–Trinajstić information content (AvgIpc) is 3.21. The average molecular weight is 347 g/mol. The van der Waals surface area contributed by atoms with Crippen LogP contribution in [0.4, 0.5) is 5.95 Å². The summed E-state index contributed by atoms with van der Waals surface area (Å²) in [5.74, 6) is 0.514. The molecule has 3 rings (SSSR count). The second-order valence-electron chi connectivity index (χ2n) is 4.56. The molecule has 0 atom stereocenters. The predicted molar refractivity (Wildman–Crippen MR) is 85.7 cm³/mol. The van der Waals surface area contributed by atoms with Gasteiger partial charge in [0.15, 0.2) is 0 Å². The Morgan fingerprint density at radius 3 is 2.96 bits per heavy atom. The number of furan rings is 1. The van der Waals surface area contributed by atoms with Gasteiger partial charge in [0.05, 0.1) is 23.9 Å². The fourth-order valence-corrected chi connectivity index (χ4v) is 2.10. The largest absolute Gasteiger partial charge is 0.465 e. The van der Waals surface area contributed by atoms with E-state index in [1.807, 2.05) is 0 Å². The summed E-state index contributed by atoms with van der Waals surface area (Å²) < 4.78 is 10.3. The standard InChI is InChI=1S/C14H11ClN6O3/c1-23-13(22)10-6-8(2-4-11(10)15)12-5-3-9(24-12)7-17-21-14(16)18-19-20-21/h2-7H,1H3,(H2,16,18,20)/b17-7-. The van der Waals surface area contributed by atoms with Gasteiger partial charge in [0.2, 0.25) is 0 Å². The van der Waals surface area contributed by atoms with E-state index in [0.717, 1.165) is 4.79 Å². The van der Waals surface area contributed by atoms with Gasteiger partial charge in [0.1, 0.15) is 11.5 Å². The first-order valence-corrected chi connectivity index (χ1v) is 7.02. The van der Waals surface area contributed by atoms with E-state index in [0.29, 0.717) is 22.1 Å². The van der Waals surface area contributed by atoms with Gasteiger partial charge in [-0.25, -0.2) is 4.79 Å². The Morgan fingerprint density at radius 1 is 1.42 bits per heavy atom. The van der Waals surface area contributed by atoms with E-state index in [2.05, 4.69) is 20.6 Å². The molecule has 122 valence electrons. The number of anilines is 1. The number of nitrogens with zero attached hydrogens (tertiary/aromatic N) is 5. The molecule has 0 saturated heterocycles. The van der Waals surface area contributed by atoms with Crippen LogP contribution < -0.4 is 5.73 Å². The van der Waals surface area contributed by atoms with Gasteiger partial charge < -0.3 is 14.9 Å². The number of halogens is 1. The van der Waals surface area contributed by atoms with E-state index in [1.165, 1.54) is 13.3 Å². The molecule has 3 aromatic rings. The molecule has 9 nitrogen and oxygen atoms in total. The number of rotatable bonds is 4. The topological polar surface area (TPSA) is 121 Å². The van der Waals surface area contributed by atoms with Gasteiger partial charge in [0.25, 0.3) is 5.95 Å². The third-order valence-electron chi connectivity index (χ3n) is 3.05. The number of hydrogen-bond donors (Lipinski definition) is 1. The Morgan fingerprint density at radius 2 is 2.25 bits per heavy atom. The van der Waals surface area contributed by atoms with Crippen LogP contribution in [0.25, 0.3) is 11.3 Å². The lowest BCUT2D eigenvalue weighted by Gasteiger charge is -2.04. The first-order valence-electron chi connectivity index (χ1n) is 6.65. The molecule has 0 unspecified atom stereocenters. The van der Waals surface area contributed by atoms with Crippen molar-refractivity contribution in [2.45, 2.75) is 0 Å². The van der Waals surface area contributed by atoms with Crippen molar-refractivity contribution >= 4 is 29.7 Å². The molecule has 2 N–H and O–H groups in total. The van der Waals surface area contributed by atoms with E-state index in [9.17, 15) is 4.79 Å². The van der Waals surface area contributed by atoms with Gasteiger partial charge >= 0.3 is 5.97 Å². The number of tetrazole rings is 1. The van der Waals surface area contributed by atoms with Crippen LogP contribution in [0.5, 0.6) is 0 Å². The number of nitrogens with two attached hydrogens (primary N) is 1. The highest BCUT2D eigenvalue weighted by atomic mass is 35.5. The number of aromatic nitrogens is 4. The summed E-state index contributed by atoms with van der Waals surface area (Å²) in [5, 5.41) is 14.7. The molecule has 0 aliphatic rings. The number of hydrogen-bond acceptors (Lipinski definition) is 8. The highest BCUT2D eigenvalue weighted by Crippen LogP contribution is 2.27. The molecule has 0 aliphatic heterocycles. The molecule has 0 fully saturated rings. The maximum absolute atomic E-state index is 11.7. The van der Waals surface area contributed by atoms with Gasteiger partial charge in [-0.05, 0) is 40.8 Å². The van der Waals surface area contributed by atoms with Crippen molar-refractivity contribution in [2.24, 2.45) is 5.10 Å². The minimum Gasteiger partial charge on any atom is -0.465 e. The quantitative estimate of drug-likeness (QED) is 0.565. The van der Waals surface area contributed by atoms with Crippen LogP contribution in [0.2, 0.25) is 5.02 Å². The molecular formula is C14H11ClN6O3. The summed E-state index contributed by atoms with van der Waals surface area (Å²) in [4.78, 5) is 12.8. The molecule has 0 amide bonds. The van der Waals surface area contributed by atoms with Crippen LogP contribution in [0.3, 0.4) is 0 Å². The minimum atomic E-state index is -0.524. The number of benzene rings is 1. The maximum Gasteiger partial charge on any atom is 0.339 e. The normalized spacial score (nSPS) is 11.1. The third kappa shape index (κ3) is 3.10. The summed E-state index contributed by atoms with van der Waals surface area (Å²) in [6, 6.07) is 8.35. The lowest BCUT2D eigenvalue weighted by Crippen LogP contribution is -2.02. The predicted octanol–water partition coefficient (Wildman–Crippen LogP) is 1.84. The zero-order valence-corrected chi connectivity index (χ0v) is 13.1. The number of carbonyl (C=O) groups is 1. The van der Waals surface area contributed by atoms with Crippen molar-refractivity contribution in [1.82, 2.24) is 20.3 Å². The zero-order chi connectivity index (χ0) is 17.1. The third-order valence-corrected chi connectivity index (χ3v) is 3.38. The fraction of sp³-hybridized carbons (Fsp3) is 0.0714. The van der Waals surface area contributed by atoms with E-state index in [4.69, 9.17) is 26.5 Å². The Balaban J connectivity index is 1.87.